The molecule has 0 atom stereocenters. The maximum absolute atomic E-state index is 12.7. The third kappa shape index (κ3) is 9.63. The quantitative estimate of drug-likeness (QED) is 0.230. The van der Waals surface area contributed by atoms with Gasteiger partial charge in [0.25, 0.3) is 0 Å². The summed E-state index contributed by atoms with van der Waals surface area (Å²) in [7, 11) is 0. The molecule has 3 nitrogen and oxygen atoms in total. The van der Waals surface area contributed by atoms with Gasteiger partial charge in [0.2, 0.25) is 0 Å². The van der Waals surface area contributed by atoms with Crippen LogP contribution in [0.3, 0.4) is 0 Å². The minimum Gasteiger partial charge on any atom is -0.449 e. The summed E-state index contributed by atoms with van der Waals surface area (Å²) >= 11 is 0. The first kappa shape index (κ1) is 26.2. The number of carbonyl (C=O) groups is 1. The molecule has 0 aliphatic rings. The summed E-state index contributed by atoms with van der Waals surface area (Å²) in [5.74, 6) is 0. The molecule has 0 unspecified atom stereocenters. The van der Waals surface area contributed by atoms with Crippen molar-refractivity contribution in [3.63, 3.8) is 0 Å². The molecule has 2 aromatic carbocycles. The Balaban J connectivity index is 1.65. The van der Waals surface area contributed by atoms with Gasteiger partial charge in [0, 0.05) is 11.9 Å². The van der Waals surface area contributed by atoms with Crippen molar-refractivity contribution in [3.05, 3.63) is 42.5 Å². The van der Waals surface area contributed by atoms with Crippen LogP contribution in [0.2, 0.25) is 0 Å². The lowest BCUT2D eigenvalue weighted by molar-refractivity contribution is 0.159. The maximum atomic E-state index is 12.7. The molecule has 0 saturated heterocycles. The van der Waals surface area contributed by atoms with Gasteiger partial charge in [-0.2, -0.15) is 0 Å². The van der Waals surface area contributed by atoms with E-state index >= 15 is 0 Å². The fourth-order valence-corrected chi connectivity index (χ4v) is 4.42. The molecule has 3 heteroatoms. The summed E-state index contributed by atoms with van der Waals surface area (Å²) in [5.41, 5.74) is 0.955. The second-order valence-corrected chi connectivity index (χ2v) is 8.95. The summed E-state index contributed by atoms with van der Waals surface area (Å²) < 4.78 is 5.36. The van der Waals surface area contributed by atoms with Crippen molar-refractivity contribution in [2.75, 3.05) is 18.1 Å². The first-order valence-corrected chi connectivity index (χ1v) is 13.2. The molecule has 0 aromatic heterocycles. The number of hydrogen-bond donors (Lipinski definition) is 0. The van der Waals surface area contributed by atoms with Gasteiger partial charge in [-0.25, -0.2) is 4.79 Å². The van der Waals surface area contributed by atoms with Gasteiger partial charge in [0.1, 0.15) is 0 Å². The van der Waals surface area contributed by atoms with Crippen LogP contribution in [-0.2, 0) is 4.74 Å². The zero-order valence-corrected chi connectivity index (χ0v) is 20.6. The van der Waals surface area contributed by atoms with Crippen molar-refractivity contribution in [1.82, 2.24) is 0 Å². The van der Waals surface area contributed by atoms with Crippen LogP contribution in [0.25, 0.3) is 10.8 Å². The smallest absolute Gasteiger partial charge is 0.414 e. The Labute approximate surface area is 196 Å². The van der Waals surface area contributed by atoms with Crippen LogP contribution in [0.4, 0.5) is 10.5 Å². The largest absolute Gasteiger partial charge is 0.449 e. The molecular weight excluding hydrogens is 394 g/mol. The number of amides is 1. The van der Waals surface area contributed by atoms with E-state index in [2.05, 4.69) is 25.1 Å². The van der Waals surface area contributed by atoms with E-state index in [1.807, 2.05) is 36.1 Å². The van der Waals surface area contributed by atoms with Gasteiger partial charge in [-0.05, 0) is 24.8 Å². The van der Waals surface area contributed by atoms with E-state index in [0.29, 0.717) is 13.2 Å². The number of rotatable bonds is 17. The number of carbonyl (C=O) groups excluding carboxylic acids is 1. The fourth-order valence-electron chi connectivity index (χ4n) is 4.42. The van der Waals surface area contributed by atoms with Gasteiger partial charge in [-0.15, -0.1) is 0 Å². The van der Waals surface area contributed by atoms with Gasteiger partial charge in [0.15, 0.2) is 0 Å². The topological polar surface area (TPSA) is 29.5 Å². The molecule has 0 heterocycles. The Morgan fingerprint density at radius 1 is 0.688 bits per heavy atom. The number of unbranched alkanes of at least 4 members (excludes halogenated alkanes) is 13. The van der Waals surface area contributed by atoms with E-state index in [9.17, 15) is 4.79 Å². The van der Waals surface area contributed by atoms with Crippen LogP contribution in [0.5, 0.6) is 0 Å². The van der Waals surface area contributed by atoms with Gasteiger partial charge < -0.3 is 4.74 Å². The van der Waals surface area contributed by atoms with Gasteiger partial charge in [-0.1, -0.05) is 127 Å². The molecule has 0 aliphatic carbocycles. The van der Waals surface area contributed by atoms with E-state index in [1.165, 1.54) is 77.0 Å². The number of hydrogen-bond acceptors (Lipinski definition) is 2. The van der Waals surface area contributed by atoms with Gasteiger partial charge in [0.05, 0.1) is 12.3 Å². The SMILES string of the molecule is CCCCCCCCCCCCCCCCN(C(=O)OCC)c1cccc2ccccc12. The minimum absolute atomic E-state index is 0.237. The average Bonchev–Trinajstić information content (AvgIpc) is 2.81. The standard InChI is InChI=1S/C29H45NO2/c1-3-5-6-7-8-9-10-11-12-13-14-15-16-19-25-30(29(31)32-4-2)28-24-20-22-26-21-17-18-23-27(26)28/h17-18,20-24H,3-16,19,25H2,1-2H3. The summed E-state index contributed by atoms with van der Waals surface area (Å²) in [6.07, 6.45) is 18.5. The zero-order valence-electron chi connectivity index (χ0n) is 20.6. The minimum atomic E-state index is -0.237. The summed E-state index contributed by atoms with van der Waals surface area (Å²) in [6, 6.07) is 14.4. The molecule has 2 aromatic rings. The maximum Gasteiger partial charge on any atom is 0.414 e. The third-order valence-electron chi connectivity index (χ3n) is 6.28. The molecule has 0 N–H and O–H groups in total. The lowest BCUT2D eigenvalue weighted by Crippen LogP contribution is -2.32. The Morgan fingerprint density at radius 2 is 1.22 bits per heavy atom. The van der Waals surface area contributed by atoms with E-state index in [0.717, 1.165) is 29.3 Å². The summed E-state index contributed by atoms with van der Waals surface area (Å²) in [6.45, 7) is 5.26. The number of benzene rings is 2. The second kappa shape index (κ2) is 16.6. The lowest BCUT2D eigenvalue weighted by atomic mass is 10.0. The fraction of sp³-hybridized carbons (Fsp3) is 0.621. The van der Waals surface area contributed by atoms with Crippen molar-refractivity contribution in [3.8, 4) is 0 Å². The van der Waals surface area contributed by atoms with Crippen molar-refractivity contribution in [2.45, 2.75) is 104 Å². The average molecular weight is 440 g/mol. The Bertz CT molecular complexity index is 752. The number of anilines is 1. The van der Waals surface area contributed by atoms with E-state index < -0.39 is 0 Å². The van der Waals surface area contributed by atoms with Crippen LogP contribution >= 0.6 is 0 Å². The highest BCUT2D eigenvalue weighted by atomic mass is 16.6. The van der Waals surface area contributed by atoms with Crippen molar-refractivity contribution in [1.29, 1.82) is 0 Å². The van der Waals surface area contributed by atoms with Crippen LogP contribution in [0, 0.1) is 0 Å². The van der Waals surface area contributed by atoms with Gasteiger partial charge >= 0.3 is 6.09 Å². The number of fused-ring (bicyclic) bond motifs is 1. The lowest BCUT2D eigenvalue weighted by Gasteiger charge is -2.23. The first-order chi connectivity index (χ1) is 15.8. The van der Waals surface area contributed by atoms with Crippen LogP contribution in [0.15, 0.2) is 42.5 Å². The highest BCUT2D eigenvalue weighted by molar-refractivity contribution is 6.01. The van der Waals surface area contributed by atoms with Gasteiger partial charge in [-0.3, -0.25) is 4.90 Å². The highest BCUT2D eigenvalue weighted by Crippen LogP contribution is 2.27. The molecule has 1 amide bonds. The number of nitrogens with zero attached hydrogens (tertiary/aromatic N) is 1. The Hall–Kier alpha value is -2.03. The highest BCUT2D eigenvalue weighted by Gasteiger charge is 2.18. The predicted molar refractivity (Wildman–Crippen MR) is 139 cm³/mol. The first-order valence-electron chi connectivity index (χ1n) is 13.2. The van der Waals surface area contributed by atoms with E-state index in [4.69, 9.17) is 4.74 Å². The second-order valence-electron chi connectivity index (χ2n) is 8.95. The molecule has 178 valence electrons. The molecule has 0 bridgehead atoms. The molecule has 0 spiro atoms. The van der Waals surface area contributed by atoms with Crippen molar-refractivity contribution in [2.24, 2.45) is 0 Å². The zero-order chi connectivity index (χ0) is 22.9. The molecule has 0 fully saturated rings. The molecular formula is C29H45NO2. The molecule has 32 heavy (non-hydrogen) atoms. The van der Waals surface area contributed by atoms with Crippen molar-refractivity contribution < 1.29 is 9.53 Å². The molecule has 0 radical (unpaired) electrons. The van der Waals surface area contributed by atoms with E-state index in [-0.39, 0.29) is 6.09 Å². The van der Waals surface area contributed by atoms with Crippen LogP contribution < -0.4 is 4.90 Å². The Kier molecular flexibility index (Phi) is 13.6. The predicted octanol–water partition coefficient (Wildman–Crippen LogP) is 9.28. The Morgan fingerprint density at radius 3 is 1.81 bits per heavy atom. The molecule has 2 rings (SSSR count). The van der Waals surface area contributed by atoms with Crippen molar-refractivity contribution >= 4 is 22.6 Å². The molecule has 0 aliphatic heterocycles. The molecule has 0 saturated carbocycles. The normalized spacial score (nSPS) is 11.1. The summed E-state index contributed by atoms with van der Waals surface area (Å²) in [4.78, 5) is 14.5. The van der Waals surface area contributed by atoms with Crippen LogP contribution in [0.1, 0.15) is 104 Å². The monoisotopic (exact) mass is 439 g/mol. The summed E-state index contributed by atoms with van der Waals surface area (Å²) in [5, 5.41) is 2.26. The third-order valence-corrected chi connectivity index (χ3v) is 6.28. The van der Waals surface area contributed by atoms with Crippen LogP contribution in [-0.4, -0.2) is 19.2 Å². The number of ether oxygens (including phenoxy) is 1. The van der Waals surface area contributed by atoms with E-state index in [1.54, 1.807) is 0 Å².